The van der Waals surface area contributed by atoms with Gasteiger partial charge in [0.2, 0.25) is 0 Å². The van der Waals surface area contributed by atoms with Gasteiger partial charge >= 0.3 is 0 Å². The molecule has 0 aromatic heterocycles. The van der Waals surface area contributed by atoms with E-state index >= 15 is 0 Å². The highest BCUT2D eigenvalue weighted by Gasteiger charge is 2.14. The normalized spacial score (nSPS) is 17.0. The molecule has 38 heavy (non-hydrogen) atoms. The van der Waals surface area contributed by atoms with E-state index in [0.29, 0.717) is 11.6 Å². The first-order valence-electron chi connectivity index (χ1n) is 14.7. The predicted molar refractivity (Wildman–Crippen MR) is 170 cm³/mol. The Balaban J connectivity index is 2.55. The van der Waals surface area contributed by atoms with Crippen molar-refractivity contribution in [2.75, 3.05) is 5.73 Å². The summed E-state index contributed by atoms with van der Waals surface area (Å²) < 4.78 is 0. The number of aliphatic imine (C=N–C) groups is 1. The van der Waals surface area contributed by atoms with Crippen molar-refractivity contribution in [2.45, 2.75) is 99.8 Å². The van der Waals surface area contributed by atoms with E-state index in [1.165, 1.54) is 60.6 Å². The SMILES string of the molecule is C/C=C(\C=C/C(=N\C(=C/C(C)=C1CCC1)c1ccc(N)c(C=N)c1)C(C)CC)C(=C/CC)/CC[C@H](C)CC. The van der Waals surface area contributed by atoms with Gasteiger partial charge in [0.1, 0.15) is 0 Å². The summed E-state index contributed by atoms with van der Waals surface area (Å²) in [6.45, 7) is 15.7. The van der Waals surface area contributed by atoms with Crippen LogP contribution in [0.2, 0.25) is 0 Å². The third-order valence-corrected chi connectivity index (χ3v) is 7.94. The molecule has 1 aliphatic rings. The van der Waals surface area contributed by atoms with Crippen molar-refractivity contribution >= 4 is 23.3 Å². The Bertz CT molecular complexity index is 1120. The summed E-state index contributed by atoms with van der Waals surface area (Å²) in [5, 5.41) is 7.80. The zero-order valence-electron chi connectivity index (χ0n) is 25.0. The number of nitrogens with zero attached hydrogens (tertiary/aromatic N) is 1. The number of benzene rings is 1. The largest absolute Gasteiger partial charge is 0.398 e. The molecule has 0 radical (unpaired) electrons. The van der Waals surface area contributed by atoms with Crippen LogP contribution < -0.4 is 5.73 Å². The van der Waals surface area contributed by atoms with E-state index in [2.05, 4.69) is 78.8 Å². The highest BCUT2D eigenvalue weighted by atomic mass is 14.8. The lowest BCUT2D eigenvalue weighted by molar-refractivity contribution is 0.516. The molecule has 1 unspecified atom stereocenters. The van der Waals surface area contributed by atoms with E-state index in [4.69, 9.17) is 16.1 Å². The van der Waals surface area contributed by atoms with Gasteiger partial charge < -0.3 is 11.1 Å². The molecule has 0 bridgehead atoms. The molecule has 2 atom stereocenters. The molecule has 1 aliphatic carbocycles. The standard InChI is InChI=1S/C35H51N3/c1-8-13-30(17-16-25(5)9-2)28(11-4)19-21-34(26(6)10-3)38-35(22-27(7)29-14-12-15-29)31-18-20-33(37)32(23-31)24-36/h11,13,18-26,36H,8-10,12,14-17,37H2,1-7H3/b21-19-,28-11+,30-13+,35-22-,36-24?,38-34+/t25-,26?/m1/s1. The van der Waals surface area contributed by atoms with Crippen LogP contribution in [0, 0.1) is 17.2 Å². The van der Waals surface area contributed by atoms with Gasteiger partial charge in [-0.25, -0.2) is 0 Å². The van der Waals surface area contributed by atoms with Gasteiger partial charge in [0, 0.05) is 28.7 Å². The summed E-state index contributed by atoms with van der Waals surface area (Å²) in [6, 6.07) is 5.91. The maximum Gasteiger partial charge on any atom is 0.0708 e. The van der Waals surface area contributed by atoms with Gasteiger partial charge in [0.05, 0.1) is 5.70 Å². The van der Waals surface area contributed by atoms with Crippen molar-refractivity contribution in [3.63, 3.8) is 0 Å². The Kier molecular flexibility index (Phi) is 13.3. The molecule has 0 spiro atoms. The van der Waals surface area contributed by atoms with Gasteiger partial charge in [-0.15, -0.1) is 0 Å². The van der Waals surface area contributed by atoms with Crippen LogP contribution >= 0.6 is 0 Å². The minimum absolute atomic E-state index is 0.319. The topological polar surface area (TPSA) is 62.2 Å². The molecule has 1 fully saturated rings. The molecule has 1 aromatic carbocycles. The second-order valence-corrected chi connectivity index (χ2v) is 10.8. The molecule has 1 saturated carbocycles. The second kappa shape index (κ2) is 16.1. The lowest BCUT2D eigenvalue weighted by atomic mass is 9.88. The fraction of sp³-hybridized carbons (Fsp3) is 0.486. The number of nitrogens with two attached hydrogens (primary N) is 1. The molecule has 1 aromatic rings. The van der Waals surface area contributed by atoms with Crippen molar-refractivity contribution in [1.29, 1.82) is 5.41 Å². The third kappa shape index (κ3) is 9.11. The Morgan fingerprint density at radius 2 is 1.84 bits per heavy atom. The van der Waals surface area contributed by atoms with Crippen molar-refractivity contribution in [3.05, 3.63) is 82.0 Å². The molecule has 3 N–H and O–H groups in total. The van der Waals surface area contributed by atoms with E-state index in [9.17, 15) is 0 Å². The van der Waals surface area contributed by atoms with Crippen LogP contribution in [0.4, 0.5) is 5.69 Å². The smallest absolute Gasteiger partial charge is 0.0708 e. The number of rotatable bonds is 14. The molecule has 3 nitrogen and oxygen atoms in total. The zero-order chi connectivity index (χ0) is 28.1. The van der Waals surface area contributed by atoms with Crippen LogP contribution in [-0.2, 0) is 0 Å². The maximum atomic E-state index is 7.80. The molecule has 3 heteroatoms. The Morgan fingerprint density at radius 3 is 2.39 bits per heavy atom. The Hall–Kier alpha value is -2.94. The average molecular weight is 514 g/mol. The molecule has 2 rings (SSSR count). The first-order chi connectivity index (χ1) is 18.3. The quantitative estimate of drug-likeness (QED) is 0.145. The van der Waals surface area contributed by atoms with E-state index in [1.54, 1.807) is 0 Å². The average Bonchev–Trinajstić information content (AvgIpc) is 2.89. The summed E-state index contributed by atoms with van der Waals surface area (Å²) in [5.41, 5.74) is 16.0. The maximum absolute atomic E-state index is 7.80. The van der Waals surface area contributed by atoms with E-state index < -0.39 is 0 Å². The molecule has 0 heterocycles. The van der Waals surface area contributed by atoms with Gasteiger partial charge in [0.25, 0.3) is 0 Å². The summed E-state index contributed by atoms with van der Waals surface area (Å²) >= 11 is 0. The van der Waals surface area contributed by atoms with Gasteiger partial charge in [0.15, 0.2) is 0 Å². The van der Waals surface area contributed by atoms with Crippen molar-refractivity contribution in [3.8, 4) is 0 Å². The lowest BCUT2D eigenvalue weighted by Crippen LogP contribution is -2.08. The fourth-order valence-corrected chi connectivity index (χ4v) is 4.53. The molecule has 0 saturated heterocycles. The van der Waals surface area contributed by atoms with Crippen LogP contribution in [0.5, 0.6) is 0 Å². The van der Waals surface area contributed by atoms with Crippen LogP contribution in [0.1, 0.15) is 111 Å². The predicted octanol–water partition coefficient (Wildman–Crippen LogP) is 10.3. The first-order valence-corrected chi connectivity index (χ1v) is 14.7. The number of allylic oxidation sites excluding steroid dienone is 9. The molecular formula is C35H51N3. The number of hydrogen-bond acceptors (Lipinski definition) is 3. The van der Waals surface area contributed by atoms with Crippen LogP contribution in [0.15, 0.2) is 75.9 Å². The molecule has 0 amide bonds. The summed E-state index contributed by atoms with van der Waals surface area (Å²) in [7, 11) is 0. The van der Waals surface area contributed by atoms with Gasteiger partial charge in [-0.3, -0.25) is 4.99 Å². The minimum atomic E-state index is 0.319. The Labute approximate surface area is 232 Å². The Morgan fingerprint density at radius 1 is 1.11 bits per heavy atom. The zero-order valence-corrected chi connectivity index (χ0v) is 25.0. The van der Waals surface area contributed by atoms with Crippen LogP contribution in [-0.4, -0.2) is 11.9 Å². The summed E-state index contributed by atoms with van der Waals surface area (Å²) in [4.78, 5) is 5.30. The highest BCUT2D eigenvalue weighted by Crippen LogP contribution is 2.32. The summed E-state index contributed by atoms with van der Waals surface area (Å²) in [5.74, 6) is 1.06. The number of nitrogen functional groups attached to an aromatic ring is 1. The lowest BCUT2D eigenvalue weighted by Gasteiger charge is -2.19. The van der Waals surface area contributed by atoms with Crippen molar-refractivity contribution in [2.24, 2.45) is 16.8 Å². The highest BCUT2D eigenvalue weighted by molar-refractivity contribution is 6.01. The molecule has 0 aliphatic heterocycles. The second-order valence-electron chi connectivity index (χ2n) is 10.8. The van der Waals surface area contributed by atoms with Crippen LogP contribution in [0.3, 0.4) is 0 Å². The molecular weight excluding hydrogens is 462 g/mol. The van der Waals surface area contributed by atoms with E-state index in [1.807, 2.05) is 18.2 Å². The van der Waals surface area contributed by atoms with Crippen LogP contribution in [0.25, 0.3) is 5.70 Å². The van der Waals surface area contributed by atoms with E-state index in [-0.39, 0.29) is 0 Å². The van der Waals surface area contributed by atoms with Crippen molar-refractivity contribution in [1.82, 2.24) is 0 Å². The number of nitrogens with one attached hydrogen (secondary N) is 1. The number of anilines is 1. The fourth-order valence-electron chi connectivity index (χ4n) is 4.53. The summed E-state index contributed by atoms with van der Waals surface area (Å²) in [6.07, 6.45) is 21.9. The minimum Gasteiger partial charge on any atom is -0.398 e. The first kappa shape index (κ1) is 31.3. The van der Waals surface area contributed by atoms with Gasteiger partial charge in [-0.05, 0) is 112 Å². The third-order valence-electron chi connectivity index (χ3n) is 7.94. The van der Waals surface area contributed by atoms with Gasteiger partial charge in [-0.1, -0.05) is 70.9 Å². The van der Waals surface area contributed by atoms with E-state index in [0.717, 1.165) is 47.7 Å². The monoisotopic (exact) mass is 513 g/mol. The molecule has 206 valence electrons. The number of hydrogen-bond donors (Lipinski definition) is 2. The van der Waals surface area contributed by atoms with Gasteiger partial charge in [-0.2, -0.15) is 0 Å². The van der Waals surface area contributed by atoms with Crippen molar-refractivity contribution < 1.29 is 0 Å².